The molecule has 0 fully saturated rings. The van der Waals surface area contributed by atoms with Crippen LogP contribution in [0.2, 0.25) is 5.02 Å². The van der Waals surface area contributed by atoms with Crippen molar-refractivity contribution < 1.29 is 18.7 Å². The van der Waals surface area contributed by atoms with Gasteiger partial charge < -0.3 is 14.2 Å². The molecule has 4 nitrogen and oxygen atoms in total. The average molecular weight is 251 g/mol. The lowest BCUT2D eigenvalue weighted by Crippen LogP contribution is -2.01. The molecule has 0 heterocycles. The summed E-state index contributed by atoms with van der Waals surface area (Å²) >= 11 is 5.67. The minimum Gasteiger partial charge on any atom is -0.481 e. The molecule has 1 rings (SSSR count). The fourth-order valence-corrected chi connectivity index (χ4v) is 1.84. The van der Waals surface area contributed by atoms with Crippen LogP contribution in [-0.4, -0.2) is 17.8 Å². The van der Waals surface area contributed by atoms with Crippen molar-refractivity contribution in [3.63, 3.8) is 0 Å². The zero-order valence-corrected chi connectivity index (χ0v) is 9.87. The van der Waals surface area contributed by atoms with Gasteiger partial charge in [-0.2, -0.15) is 0 Å². The molecule has 1 N–H and O–H groups in total. The molecule has 0 spiro atoms. The van der Waals surface area contributed by atoms with E-state index in [-0.39, 0.29) is 13.0 Å². The van der Waals surface area contributed by atoms with Gasteiger partial charge >= 0.3 is 7.60 Å². The van der Waals surface area contributed by atoms with Crippen LogP contribution < -0.4 is 4.74 Å². The fraction of sp³-hybridized carbons (Fsp3) is 0.333. The summed E-state index contributed by atoms with van der Waals surface area (Å²) in [5, 5.41) is 0.583. The van der Waals surface area contributed by atoms with Gasteiger partial charge in [-0.1, -0.05) is 11.6 Å². The van der Waals surface area contributed by atoms with Crippen LogP contribution in [-0.2, 0) is 9.09 Å². The Bertz CT molecular complexity index is 352. The zero-order valence-electron chi connectivity index (χ0n) is 8.22. The van der Waals surface area contributed by atoms with Gasteiger partial charge in [-0.05, 0) is 31.2 Å². The van der Waals surface area contributed by atoms with E-state index >= 15 is 0 Å². The topological polar surface area (TPSA) is 55.8 Å². The maximum absolute atomic E-state index is 11.2. The van der Waals surface area contributed by atoms with E-state index in [1.54, 1.807) is 31.2 Å². The first kappa shape index (κ1) is 12.5. The predicted molar refractivity (Wildman–Crippen MR) is 58.4 cm³/mol. The first-order chi connectivity index (χ1) is 7.03. The highest BCUT2D eigenvalue weighted by Gasteiger charge is 2.19. The molecule has 1 aromatic rings. The molecule has 0 aliphatic rings. The molecule has 0 aliphatic heterocycles. The number of hydrogen-bond donors (Lipinski definition) is 1. The van der Waals surface area contributed by atoms with Gasteiger partial charge in [-0.3, -0.25) is 4.57 Å². The van der Waals surface area contributed by atoms with Crippen molar-refractivity contribution in [3.05, 3.63) is 29.3 Å². The second-order valence-corrected chi connectivity index (χ2v) is 5.01. The van der Waals surface area contributed by atoms with Crippen molar-refractivity contribution in [1.29, 1.82) is 0 Å². The molecular weight excluding hydrogens is 239 g/mol. The lowest BCUT2D eigenvalue weighted by molar-refractivity contribution is 0.241. The first-order valence-corrected chi connectivity index (χ1v) is 6.52. The average Bonchev–Trinajstić information content (AvgIpc) is 2.17. The van der Waals surface area contributed by atoms with Crippen LogP contribution in [0.1, 0.15) is 6.92 Å². The third-order valence-electron chi connectivity index (χ3n) is 1.54. The summed E-state index contributed by atoms with van der Waals surface area (Å²) < 4.78 is 21.0. The Morgan fingerprint density at radius 2 is 2.00 bits per heavy atom. The molecule has 0 saturated heterocycles. The largest absolute Gasteiger partial charge is 0.481 e. The molecule has 0 saturated carbocycles. The second-order valence-electron chi connectivity index (χ2n) is 2.78. The second kappa shape index (κ2) is 5.52. The van der Waals surface area contributed by atoms with Gasteiger partial charge in [0.1, 0.15) is 5.75 Å². The van der Waals surface area contributed by atoms with E-state index in [4.69, 9.17) is 16.3 Å². The minimum atomic E-state index is -3.63. The van der Waals surface area contributed by atoms with Crippen molar-refractivity contribution in [3.8, 4) is 5.75 Å². The molecule has 6 heteroatoms. The fourth-order valence-electron chi connectivity index (χ4n) is 0.926. The van der Waals surface area contributed by atoms with E-state index in [1.807, 2.05) is 0 Å². The molecule has 0 radical (unpaired) electrons. The van der Waals surface area contributed by atoms with E-state index in [1.165, 1.54) is 0 Å². The van der Waals surface area contributed by atoms with Crippen molar-refractivity contribution in [2.24, 2.45) is 0 Å². The van der Waals surface area contributed by atoms with Crippen LogP contribution in [0.15, 0.2) is 24.3 Å². The summed E-state index contributed by atoms with van der Waals surface area (Å²) in [7, 11) is -3.63. The van der Waals surface area contributed by atoms with Crippen molar-refractivity contribution in [2.45, 2.75) is 6.92 Å². The summed E-state index contributed by atoms with van der Waals surface area (Å²) in [5.74, 6) is 0.480. The minimum absolute atomic E-state index is 0.178. The molecular formula is C9H12ClO4P. The molecule has 1 unspecified atom stereocenters. The molecule has 0 bridgehead atoms. The Morgan fingerprint density at radius 1 is 1.40 bits per heavy atom. The number of ether oxygens (including phenoxy) is 1. The van der Waals surface area contributed by atoms with E-state index in [0.717, 1.165) is 0 Å². The third kappa shape index (κ3) is 4.67. The smallest absolute Gasteiger partial charge is 0.365 e. The molecule has 84 valence electrons. The lowest BCUT2D eigenvalue weighted by atomic mass is 10.3. The van der Waals surface area contributed by atoms with Gasteiger partial charge in [0.15, 0.2) is 6.35 Å². The van der Waals surface area contributed by atoms with E-state index in [2.05, 4.69) is 4.52 Å². The standard InChI is InChI=1S/C9H12ClO4P/c1-2-14-15(11,12)7-13-9-5-3-8(10)4-6-9/h3-6H,2,7H2,1H3,(H,11,12). The van der Waals surface area contributed by atoms with Crippen molar-refractivity contribution >= 4 is 19.2 Å². The van der Waals surface area contributed by atoms with Gasteiger partial charge in [-0.15, -0.1) is 0 Å². The molecule has 0 aliphatic carbocycles. The summed E-state index contributed by atoms with van der Waals surface area (Å²) in [6.45, 7) is 1.82. The Labute approximate surface area is 93.3 Å². The molecule has 15 heavy (non-hydrogen) atoms. The summed E-state index contributed by atoms with van der Waals surface area (Å²) in [6, 6.07) is 6.52. The van der Waals surface area contributed by atoms with Gasteiger partial charge in [0.25, 0.3) is 0 Å². The van der Waals surface area contributed by atoms with Crippen LogP contribution in [0.5, 0.6) is 5.75 Å². The van der Waals surface area contributed by atoms with Gasteiger partial charge in [0, 0.05) is 5.02 Å². The molecule has 1 atom stereocenters. The van der Waals surface area contributed by atoms with Crippen molar-refractivity contribution in [1.82, 2.24) is 0 Å². The highest BCUT2D eigenvalue weighted by atomic mass is 35.5. The van der Waals surface area contributed by atoms with E-state index < -0.39 is 7.60 Å². The zero-order chi connectivity index (χ0) is 11.3. The molecule has 1 aromatic carbocycles. The summed E-state index contributed by atoms with van der Waals surface area (Å²) in [5.41, 5.74) is 0. The Morgan fingerprint density at radius 3 is 2.53 bits per heavy atom. The number of hydrogen-bond acceptors (Lipinski definition) is 3. The van der Waals surface area contributed by atoms with Crippen LogP contribution in [0, 0.1) is 0 Å². The molecule has 0 aromatic heterocycles. The Balaban J connectivity index is 2.50. The van der Waals surface area contributed by atoms with Gasteiger partial charge in [0.2, 0.25) is 0 Å². The van der Waals surface area contributed by atoms with Crippen LogP contribution in [0.4, 0.5) is 0 Å². The number of rotatable bonds is 5. The Kier molecular flexibility index (Phi) is 4.61. The number of halogens is 1. The number of benzene rings is 1. The normalized spacial score (nSPS) is 14.6. The summed E-state index contributed by atoms with van der Waals surface area (Å²) in [6.07, 6.45) is -0.359. The maximum Gasteiger partial charge on any atom is 0.365 e. The van der Waals surface area contributed by atoms with Gasteiger partial charge in [0.05, 0.1) is 6.61 Å². The van der Waals surface area contributed by atoms with Crippen LogP contribution >= 0.6 is 19.2 Å². The molecule has 0 amide bonds. The SMILES string of the molecule is CCOP(=O)(O)COc1ccc(Cl)cc1. The lowest BCUT2D eigenvalue weighted by Gasteiger charge is -2.11. The van der Waals surface area contributed by atoms with Crippen molar-refractivity contribution in [2.75, 3.05) is 13.0 Å². The predicted octanol–water partition coefficient (Wildman–Crippen LogP) is 2.90. The van der Waals surface area contributed by atoms with Crippen LogP contribution in [0.3, 0.4) is 0 Å². The Hall–Kier alpha value is -0.540. The van der Waals surface area contributed by atoms with Crippen LogP contribution in [0.25, 0.3) is 0 Å². The quantitative estimate of drug-likeness (QED) is 0.817. The van der Waals surface area contributed by atoms with E-state index in [9.17, 15) is 9.46 Å². The maximum atomic E-state index is 11.2. The summed E-state index contributed by atoms with van der Waals surface area (Å²) in [4.78, 5) is 9.21. The first-order valence-electron chi connectivity index (χ1n) is 4.38. The highest BCUT2D eigenvalue weighted by Crippen LogP contribution is 2.41. The van der Waals surface area contributed by atoms with Gasteiger partial charge in [-0.25, -0.2) is 0 Å². The monoisotopic (exact) mass is 250 g/mol. The third-order valence-corrected chi connectivity index (χ3v) is 2.91. The highest BCUT2D eigenvalue weighted by molar-refractivity contribution is 7.52. The van der Waals surface area contributed by atoms with E-state index in [0.29, 0.717) is 10.8 Å².